The van der Waals surface area contributed by atoms with Crippen LogP contribution in [0.25, 0.3) is 0 Å². The number of nitrogens with one attached hydrogen (secondary N) is 1. The topological polar surface area (TPSA) is 68.0 Å². The molecule has 1 rings (SSSR count). The van der Waals surface area contributed by atoms with Gasteiger partial charge in [-0.05, 0) is 12.5 Å². The molecule has 3 N–H and O–H groups in total. The summed E-state index contributed by atoms with van der Waals surface area (Å²) in [5.41, 5.74) is 5.29. The highest BCUT2D eigenvalue weighted by molar-refractivity contribution is 7.16. The largest absolute Gasteiger partial charge is 0.368 e. The first-order chi connectivity index (χ1) is 7.00. The summed E-state index contributed by atoms with van der Waals surface area (Å²) in [7, 11) is 0. The first kappa shape index (κ1) is 12.4. The Morgan fingerprint density at radius 2 is 2.40 bits per heavy atom. The molecule has 1 aromatic heterocycles. The van der Waals surface area contributed by atoms with Crippen LogP contribution in [-0.2, 0) is 4.79 Å². The number of amides is 1. The summed E-state index contributed by atoms with van der Waals surface area (Å²) in [5, 5.41) is 3.68. The minimum absolute atomic E-state index is 0.429. The summed E-state index contributed by atoms with van der Waals surface area (Å²) in [5.74, 6) is 0.0175. The molecule has 0 spiro atoms. The highest BCUT2D eigenvalue weighted by Crippen LogP contribution is 2.23. The van der Waals surface area contributed by atoms with E-state index in [0.717, 1.165) is 0 Å². The smallest absolute Gasteiger partial charge is 0.241 e. The second-order valence-corrected chi connectivity index (χ2v) is 5.33. The molecule has 0 aromatic carbocycles. The zero-order valence-corrected chi connectivity index (χ0v) is 10.2. The van der Waals surface area contributed by atoms with Gasteiger partial charge in [0.05, 0.1) is 6.20 Å². The van der Waals surface area contributed by atoms with E-state index in [-0.39, 0.29) is 0 Å². The molecule has 1 heterocycles. The third-order valence-corrected chi connectivity index (χ3v) is 2.94. The first-order valence-electron chi connectivity index (χ1n) is 4.64. The van der Waals surface area contributed by atoms with Gasteiger partial charge in [-0.3, -0.25) is 10.1 Å². The number of primary amides is 1. The molecule has 1 unspecified atom stereocenters. The van der Waals surface area contributed by atoms with Gasteiger partial charge in [-0.15, -0.1) is 11.3 Å². The number of halogens is 1. The average molecular weight is 248 g/mol. The van der Waals surface area contributed by atoms with Gasteiger partial charge in [-0.25, -0.2) is 4.98 Å². The summed E-state index contributed by atoms with van der Waals surface area (Å²) < 4.78 is 0.558. The Kier molecular flexibility index (Phi) is 4.50. The van der Waals surface area contributed by atoms with E-state index in [2.05, 4.69) is 24.1 Å². The van der Waals surface area contributed by atoms with E-state index in [4.69, 9.17) is 17.3 Å². The third kappa shape index (κ3) is 3.77. The van der Waals surface area contributed by atoms with Crippen LogP contribution in [0.1, 0.15) is 24.9 Å². The van der Waals surface area contributed by atoms with Crippen LogP contribution >= 0.6 is 22.9 Å². The van der Waals surface area contributed by atoms with Gasteiger partial charge in [0, 0.05) is 0 Å². The average Bonchev–Trinajstić information content (AvgIpc) is 2.51. The molecule has 84 valence electrons. The summed E-state index contributed by atoms with van der Waals surface area (Å²) >= 11 is 7.01. The molecule has 1 amide bonds. The lowest BCUT2D eigenvalue weighted by Gasteiger charge is -2.14. The molecule has 0 fully saturated rings. The number of carbonyl (C=O) groups excluding carboxylic acids is 1. The molecule has 0 bridgehead atoms. The summed E-state index contributed by atoms with van der Waals surface area (Å²) in [6.07, 6.45) is 1.52. The van der Waals surface area contributed by atoms with Crippen LogP contribution in [0.2, 0.25) is 4.34 Å². The maximum absolute atomic E-state index is 11.2. The van der Waals surface area contributed by atoms with Crippen LogP contribution in [0.4, 0.5) is 0 Å². The lowest BCUT2D eigenvalue weighted by Crippen LogP contribution is -2.35. The molecule has 0 aliphatic rings. The molecular formula is C9H14ClN3OS. The van der Waals surface area contributed by atoms with Crippen LogP contribution in [0.3, 0.4) is 0 Å². The molecule has 0 aliphatic carbocycles. The number of rotatable bonds is 5. The van der Waals surface area contributed by atoms with Crippen LogP contribution in [0.5, 0.6) is 0 Å². The zero-order valence-electron chi connectivity index (χ0n) is 8.66. The molecule has 15 heavy (non-hydrogen) atoms. The highest BCUT2D eigenvalue weighted by Gasteiger charge is 2.20. The Bertz CT molecular complexity index is 340. The SMILES string of the molecule is CC(C)CNC(C(N)=O)c1ncc(Cl)s1. The first-order valence-corrected chi connectivity index (χ1v) is 5.84. The Labute approximate surface area is 97.8 Å². The van der Waals surface area contributed by atoms with Crippen molar-refractivity contribution < 1.29 is 4.79 Å². The number of hydrogen-bond acceptors (Lipinski definition) is 4. The zero-order chi connectivity index (χ0) is 11.4. The number of nitrogens with two attached hydrogens (primary N) is 1. The van der Waals surface area contributed by atoms with E-state index in [1.54, 1.807) is 0 Å². The molecule has 1 atom stereocenters. The number of hydrogen-bond donors (Lipinski definition) is 2. The number of nitrogens with zero attached hydrogens (tertiary/aromatic N) is 1. The van der Waals surface area contributed by atoms with E-state index < -0.39 is 11.9 Å². The molecule has 4 nitrogen and oxygen atoms in total. The maximum atomic E-state index is 11.2. The molecule has 0 aliphatic heterocycles. The fourth-order valence-electron chi connectivity index (χ4n) is 1.06. The summed E-state index contributed by atoms with van der Waals surface area (Å²) in [4.78, 5) is 15.2. The predicted molar refractivity (Wildman–Crippen MR) is 61.9 cm³/mol. The normalized spacial score (nSPS) is 13.1. The van der Waals surface area contributed by atoms with Crippen molar-refractivity contribution in [3.63, 3.8) is 0 Å². The van der Waals surface area contributed by atoms with Crippen molar-refractivity contribution in [2.45, 2.75) is 19.9 Å². The van der Waals surface area contributed by atoms with E-state index >= 15 is 0 Å². The van der Waals surface area contributed by atoms with Gasteiger partial charge in [0.15, 0.2) is 0 Å². The van der Waals surface area contributed by atoms with E-state index in [1.807, 2.05) is 0 Å². The van der Waals surface area contributed by atoms with Crippen LogP contribution < -0.4 is 11.1 Å². The van der Waals surface area contributed by atoms with Crippen LogP contribution in [0, 0.1) is 5.92 Å². The predicted octanol–water partition coefficient (Wildman–Crippen LogP) is 1.57. The fourth-order valence-corrected chi connectivity index (χ4v) is 2.08. The van der Waals surface area contributed by atoms with Crippen molar-refractivity contribution in [3.8, 4) is 0 Å². The van der Waals surface area contributed by atoms with E-state index in [1.165, 1.54) is 17.5 Å². The molecule has 0 saturated carbocycles. The van der Waals surface area contributed by atoms with Crippen LogP contribution in [-0.4, -0.2) is 17.4 Å². The standard InChI is InChI=1S/C9H14ClN3OS/c1-5(2)3-12-7(8(11)14)9-13-4-6(10)15-9/h4-5,7,12H,3H2,1-2H3,(H2,11,14). The quantitative estimate of drug-likeness (QED) is 0.830. The van der Waals surface area contributed by atoms with Gasteiger partial charge >= 0.3 is 0 Å². The fraction of sp³-hybridized carbons (Fsp3) is 0.556. The van der Waals surface area contributed by atoms with Crippen LogP contribution in [0.15, 0.2) is 6.20 Å². The monoisotopic (exact) mass is 247 g/mol. The highest BCUT2D eigenvalue weighted by atomic mass is 35.5. The van der Waals surface area contributed by atoms with Crippen molar-refractivity contribution in [2.24, 2.45) is 11.7 Å². The second-order valence-electron chi connectivity index (χ2n) is 3.64. The lowest BCUT2D eigenvalue weighted by molar-refractivity contribution is -0.120. The van der Waals surface area contributed by atoms with Crippen molar-refractivity contribution in [1.82, 2.24) is 10.3 Å². The second kappa shape index (κ2) is 5.44. The van der Waals surface area contributed by atoms with Crippen molar-refractivity contribution in [1.29, 1.82) is 0 Å². The molecule has 0 radical (unpaired) electrons. The molecule has 0 saturated heterocycles. The van der Waals surface area contributed by atoms with Gasteiger partial charge in [-0.2, -0.15) is 0 Å². The van der Waals surface area contributed by atoms with Gasteiger partial charge in [0.1, 0.15) is 15.4 Å². The molecule has 1 aromatic rings. The van der Waals surface area contributed by atoms with Crippen molar-refractivity contribution in [2.75, 3.05) is 6.54 Å². The molecular weight excluding hydrogens is 234 g/mol. The number of aromatic nitrogens is 1. The van der Waals surface area contributed by atoms with E-state index in [9.17, 15) is 4.79 Å². The molecule has 6 heteroatoms. The van der Waals surface area contributed by atoms with Gasteiger partial charge in [0.25, 0.3) is 0 Å². The van der Waals surface area contributed by atoms with Gasteiger partial charge < -0.3 is 5.73 Å². The number of thiazole rings is 1. The van der Waals surface area contributed by atoms with Gasteiger partial charge in [-0.1, -0.05) is 25.4 Å². The summed E-state index contributed by atoms with van der Waals surface area (Å²) in [6, 6.07) is -0.537. The number of carbonyl (C=O) groups is 1. The van der Waals surface area contributed by atoms with E-state index in [0.29, 0.717) is 21.8 Å². The maximum Gasteiger partial charge on any atom is 0.241 e. The summed E-state index contributed by atoms with van der Waals surface area (Å²) in [6.45, 7) is 4.82. The van der Waals surface area contributed by atoms with Gasteiger partial charge in [0.2, 0.25) is 5.91 Å². The third-order valence-electron chi connectivity index (χ3n) is 1.76. The Hall–Kier alpha value is -0.650. The van der Waals surface area contributed by atoms with Crippen molar-refractivity contribution >= 4 is 28.8 Å². The Morgan fingerprint density at radius 1 is 1.73 bits per heavy atom. The van der Waals surface area contributed by atoms with Crippen molar-refractivity contribution in [3.05, 3.63) is 15.5 Å². The lowest BCUT2D eigenvalue weighted by atomic mass is 10.2. The minimum atomic E-state index is -0.537. The Morgan fingerprint density at radius 3 is 2.80 bits per heavy atom. The minimum Gasteiger partial charge on any atom is -0.368 e. The Balaban J connectivity index is 2.70.